The maximum atomic E-state index is 11.4. The first-order valence-corrected chi connectivity index (χ1v) is 12.3. The van der Waals surface area contributed by atoms with E-state index in [1.54, 1.807) is 0 Å². The van der Waals surface area contributed by atoms with Crippen molar-refractivity contribution < 1.29 is 28.2 Å². The summed E-state index contributed by atoms with van der Waals surface area (Å²) in [6.45, 7) is 0. The molecule has 0 aliphatic heterocycles. The highest BCUT2D eigenvalue weighted by Crippen LogP contribution is 2.23. The monoisotopic (exact) mass is 460 g/mol. The van der Waals surface area contributed by atoms with Gasteiger partial charge in [0.25, 0.3) is 10.3 Å². The summed E-state index contributed by atoms with van der Waals surface area (Å²) in [6, 6.07) is 14.2. The van der Waals surface area contributed by atoms with Crippen LogP contribution in [0, 0.1) is 0 Å². The smallest absolute Gasteiger partial charge is 0.339 e. The molecule has 2 aromatic carbocycles. The van der Waals surface area contributed by atoms with Crippen molar-refractivity contribution >= 4 is 21.3 Å². The van der Waals surface area contributed by atoms with Crippen LogP contribution < -0.4 is 4.74 Å². The SMILES string of the molecule is O=C(O)c1cc(OC(CCCCCCCCCCCc2ccccc2)=S(=O)=O)ccc1O. The lowest BCUT2D eigenvalue weighted by Gasteiger charge is -2.08. The summed E-state index contributed by atoms with van der Waals surface area (Å²) in [7, 11) is -2.52. The fourth-order valence-corrected chi connectivity index (χ4v) is 4.01. The lowest BCUT2D eigenvalue weighted by atomic mass is 10.0. The van der Waals surface area contributed by atoms with Crippen LogP contribution in [0.3, 0.4) is 0 Å². The Bertz CT molecular complexity index is 975. The average molecular weight is 461 g/mol. The zero-order chi connectivity index (χ0) is 23.2. The van der Waals surface area contributed by atoms with E-state index in [1.165, 1.54) is 49.8 Å². The largest absolute Gasteiger partial charge is 0.507 e. The van der Waals surface area contributed by atoms with Crippen molar-refractivity contribution in [3.63, 3.8) is 0 Å². The summed E-state index contributed by atoms with van der Waals surface area (Å²) in [5.41, 5.74) is 1.07. The fraction of sp³-hybridized carbons (Fsp3) is 0.440. The summed E-state index contributed by atoms with van der Waals surface area (Å²) in [4.78, 5) is 11.1. The molecule has 32 heavy (non-hydrogen) atoms. The molecule has 0 aromatic heterocycles. The number of aromatic carboxylic acids is 1. The molecule has 0 heterocycles. The number of aryl methyl sites for hydroxylation is 1. The van der Waals surface area contributed by atoms with E-state index in [0.717, 1.165) is 31.7 Å². The van der Waals surface area contributed by atoms with E-state index in [2.05, 4.69) is 24.3 Å². The van der Waals surface area contributed by atoms with Crippen molar-refractivity contribution in [2.24, 2.45) is 0 Å². The highest BCUT2D eigenvalue weighted by molar-refractivity contribution is 7.72. The predicted molar refractivity (Wildman–Crippen MR) is 126 cm³/mol. The molecular formula is C25H32O6S. The minimum Gasteiger partial charge on any atom is -0.507 e. The lowest BCUT2D eigenvalue weighted by Crippen LogP contribution is -2.10. The van der Waals surface area contributed by atoms with E-state index < -0.39 is 22.0 Å². The molecule has 0 saturated carbocycles. The first kappa shape index (κ1) is 25.5. The summed E-state index contributed by atoms with van der Waals surface area (Å²) in [5.74, 6) is -1.63. The number of carboxylic acid groups (broad SMARTS) is 1. The number of phenols is 1. The van der Waals surface area contributed by atoms with E-state index in [9.17, 15) is 18.3 Å². The van der Waals surface area contributed by atoms with Crippen LogP contribution >= 0.6 is 0 Å². The van der Waals surface area contributed by atoms with E-state index in [-0.39, 0.29) is 22.8 Å². The molecule has 0 fully saturated rings. The Labute approximate surface area is 191 Å². The Kier molecular flexibility index (Phi) is 11.4. The maximum Gasteiger partial charge on any atom is 0.339 e. The number of ether oxygens (including phenoxy) is 1. The molecule has 0 unspecified atom stereocenters. The van der Waals surface area contributed by atoms with Crippen LogP contribution in [0.4, 0.5) is 0 Å². The molecule has 7 heteroatoms. The van der Waals surface area contributed by atoms with Crippen LogP contribution in [0.15, 0.2) is 48.5 Å². The average Bonchev–Trinajstić information content (AvgIpc) is 2.78. The summed E-state index contributed by atoms with van der Waals surface area (Å²) >= 11 is 0. The molecular weight excluding hydrogens is 428 g/mol. The molecule has 2 N–H and O–H groups in total. The first-order valence-electron chi connectivity index (χ1n) is 11.2. The molecule has 2 rings (SSSR count). The second-order valence-corrected chi connectivity index (χ2v) is 8.79. The molecule has 0 amide bonds. The van der Waals surface area contributed by atoms with Gasteiger partial charge < -0.3 is 14.9 Å². The van der Waals surface area contributed by atoms with Gasteiger partial charge in [-0.25, -0.2) is 4.79 Å². The van der Waals surface area contributed by atoms with Crippen LogP contribution in [0.1, 0.15) is 80.1 Å². The molecule has 0 spiro atoms. The van der Waals surface area contributed by atoms with Crippen molar-refractivity contribution in [1.82, 2.24) is 0 Å². The Morgan fingerprint density at radius 3 is 2.00 bits per heavy atom. The Balaban J connectivity index is 1.57. The van der Waals surface area contributed by atoms with E-state index >= 15 is 0 Å². The van der Waals surface area contributed by atoms with Gasteiger partial charge in [-0.15, -0.1) is 0 Å². The van der Waals surface area contributed by atoms with Crippen LogP contribution in [0.25, 0.3) is 0 Å². The van der Waals surface area contributed by atoms with Gasteiger partial charge in [0.05, 0.1) is 0 Å². The van der Waals surface area contributed by atoms with Gasteiger partial charge in [0.15, 0.2) is 0 Å². The Morgan fingerprint density at radius 2 is 1.41 bits per heavy atom. The second-order valence-electron chi connectivity index (χ2n) is 7.86. The highest BCUT2D eigenvalue weighted by Gasteiger charge is 2.13. The molecule has 0 bridgehead atoms. The minimum absolute atomic E-state index is 0.0756. The van der Waals surface area contributed by atoms with Crippen molar-refractivity contribution in [3.05, 3.63) is 59.7 Å². The summed E-state index contributed by atoms with van der Waals surface area (Å²) < 4.78 is 28.3. The van der Waals surface area contributed by atoms with Gasteiger partial charge in [-0.05, 0) is 43.0 Å². The topological polar surface area (TPSA) is 101 Å². The Hall–Kier alpha value is -2.80. The zero-order valence-electron chi connectivity index (χ0n) is 18.3. The van der Waals surface area contributed by atoms with Crippen LogP contribution in [0.5, 0.6) is 11.5 Å². The maximum absolute atomic E-state index is 11.4. The molecule has 0 aliphatic rings. The third kappa shape index (κ3) is 9.56. The standard InChI is InChI=1S/C25H32O6S/c26-23-18-17-21(19-22(23)25(27)28)31-24(32(29)30)16-12-7-5-3-1-2-4-6-9-13-20-14-10-8-11-15-20/h8,10-11,14-15,17-19,26H,1-7,9,12-13,16H2,(H,27,28). The number of aromatic hydroxyl groups is 1. The third-order valence-corrected chi connectivity index (χ3v) is 5.96. The normalized spacial score (nSPS) is 10.6. The quantitative estimate of drug-likeness (QED) is 0.280. The second kappa shape index (κ2) is 14.3. The number of carboxylic acids is 1. The van der Waals surface area contributed by atoms with Crippen molar-refractivity contribution in [2.75, 3.05) is 0 Å². The number of benzene rings is 2. The Morgan fingerprint density at radius 1 is 0.812 bits per heavy atom. The van der Waals surface area contributed by atoms with E-state index in [0.29, 0.717) is 6.42 Å². The lowest BCUT2D eigenvalue weighted by molar-refractivity contribution is 0.0693. The van der Waals surface area contributed by atoms with Gasteiger partial charge in [-0.1, -0.05) is 75.3 Å². The van der Waals surface area contributed by atoms with E-state index in [1.807, 2.05) is 6.07 Å². The van der Waals surface area contributed by atoms with Crippen LogP contribution in [-0.2, 0) is 16.7 Å². The molecule has 0 radical (unpaired) electrons. The number of hydrogen-bond acceptors (Lipinski definition) is 5. The van der Waals surface area contributed by atoms with Gasteiger partial charge in [-0.2, -0.15) is 8.42 Å². The van der Waals surface area contributed by atoms with Gasteiger partial charge >= 0.3 is 5.97 Å². The number of rotatable bonds is 14. The van der Waals surface area contributed by atoms with Crippen LogP contribution in [-0.4, -0.2) is 29.7 Å². The molecule has 0 saturated heterocycles. The van der Waals surface area contributed by atoms with Gasteiger partial charge in [0.1, 0.15) is 17.1 Å². The highest BCUT2D eigenvalue weighted by atomic mass is 32.2. The number of unbranched alkanes of at least 4 members (excludes halogenated alkanes) is 8. The number of carbonyl (C=O) groups is 1. The van der Waals surface area contributed by atoms with Crippen molar-refractivity contribution in [3.8, 4) is 11.5 Å². The number of hydrogen-bond donors (Lipinski definition) is 2. The molecule has 0 atom stereocenters. The van der Waals surface area contributed by atoms with E-state index in [4.69, 9.17) is 9.84 Å². The first-order chi connectivity index (χ1) is 15.5. The molecule has 2 aromatic rings. The zero-order valence-corrected chi connectivity index (χ0v) is 19.1. The third-order valence-electron chi connectivity index (χ3n) is 5.31. The van der Waals surface area contributed by atoms with Crippen LogP contribution in [0.2, 0.25) is 0 Å². The van der Waals surface area contributed by atoms with Gasteiger partial charge in [-0.3, -0.25) is 0 Å². The summed E-state index contributed by atoms with van der Waals surface area (Å²) in [6.07, 6.45) is 11.3. The predicted octanol–water partition coefficient (Wildman–Crippen LogP) is 5.62. The van der Waals surface area contributed by atoms with Gasteiger partial charge in [0, 0.05) is 6.42 Å². The molecule has 174 valence electrons. The summed E-state index contributed by atoms with van der Waals surface area (Å²) in [5, 5.41) is 18.5. The van der Waals surface area contributed by atoms with Crippen molar-refractivity contribution in [2.45, 2.75) is 70.6 Å². The molecule has 6 nitrogen and oxygen atoms in total. The van der Waals surface area contributed by atoms with Crippen molar-refractivity contribution in [1.29, 1.82) is 0 Å². The van der Waals surface area contributed by atoms with Gasteiger partial charge in [0.2, 0.25) is 5.05 Å². The molecule has 0 aliphatic carbocycles. The minimum atomic E-state index is -2.52. The fourth-order valence-electron chi connectivity index (χ4n) is 3.53.